The van der Waals surface area contributed by atoms with E-state index in [4.69, 9.17) is 23.2 Å². The molecule has 9 heteroatoms. The molecule has 150 valence electrons. The van der Waals surface area contributed by atoms with Crippen molar-refractivity contribution in [3.8, 4) is 0 Å². The normalized spacial score (nSPS) is 15.6. The smallest absolute Gasteiger partial charge is 0.243 e. The summed E-state index contributed by atoms with van der Waals surface area (Å²) in [7, 11) is -3.71. The third-order valence-corrected chi connectivity index (χ3v) is 7.32. The number of carbonyl (C=O) groups excluding carboxylic acids is 1. The number of amides is 1. The molecule has 5 nitrogen and oxygen atoms in total. The summed E-state index contributed by atoms with van der Waals surface area (Å²) in [6.45, 7) is 0.954. The zero-order valence-corrected chi connectivity index (χ0v) is 17.3. The minimum Gasteiger partial charge on any atom is -0.340 e. The van der Waals surface area contributed by atoms with Crippen LogP contribution in [-0.2, 0) is 21.2 Å². The van der Waals surface area contributed by atoms with E-state index in [1.807, 2.05) is 0 Å². The van der Waals surface area contributed by atoms with Gasteiger partial charge in [0.1, 0.15) is 5.82 Å². The first-order valence-corrected chi connectivity index (χ1v) is 10.9. The molecule has 1 saturated heterocycles. The molecule has 2 aromatic rings. The molecule has 1 aliphatic rings. The van der Waals surface area contributed by atoms with Crippen LogP contribution < -0.4 is 0 Å². The molecule has 0 bridgehead atoms. The fourth-order valence-corrected chi connectivity index (χ4v) is 4.88. The van der Waals surface area contributed by atoms with Gasteiger partial charge in [-0.2, -0.15) is 4.31 Å². The minimum atomic E-state index is -3.71. The zero-order valence-electron chi connectivity index (χ0n) is 14.9. The molecule has 1 aliphatic heterocycles. The number of piperazine rings is 1. The monoisotopic (exact) mass is 444 g/mol. The topological polar surface area (TPSA) is 57.7 Å². The van der Waals surface area contributed by atoms with Crippen molar-refractivity contribution >= 4 is 39.1 Å². The van der Waals surface area contributed by atoms with Gasteiger partial charge in [0.05, 0.1) is 14.9 Å². The molecule has 0 spiro atoms. The maximum Gasteiger partial charge on any atom is 0.243 e. The summed E-state index contributed by atoms with van der Waals surface area (Å²) in [5.74, 6) is -0.442. The number of nitrogens with zero attached hydrogens (tertiary/aromatic N) is 2. The van der Waals surface area contributed by atoms with E-state index >= 15 is 0 Å². The van der Waals surface area contributed by atoms with Crippen molar-refractivity contribution in [3.63, 3.8) is 0 Å². The van der Waals surface area contributed by atoms with Crippen LogP contribution in [0.2, 0.25) is 10.0 Å². The van der Waals surface area contributed by atoms with E-state index in [9.17, 15) is 17.6 Å². The van der Waals surface area contributed by atoms with Gasteiger partial charge >= 0.3 is 0 Å². The van der Waals surface area contributed by atoms with Crippen molar-refractivity contribution in [2.24, 2.45) is 0 Å². The van der Waals surface area contributed by atoms with Gasteiger partial charge in [0.2, 0.25) is 15.9 Å². The summed E-state index contributed by atoms with van der Waals surface area (Å²) >= 11 is 11.8. The molecule has 0 aromatic heterocycles. The summed E-state index contributed by atoms with van der Waals surface area (Å²) in [5, 5.41) is 0.454. The van der Waals surface area contributed by atoms with Crippen molar-refractivity contribution in [1.82, 2.24) is 9.21 Å². The van der Waals surface area contributed by atoms with Crippen LogP contribution in [-0.4, -0.2) is 49.7 Å². The second-order valence-electron chi connectivity index (χ2n) is 6.45. The molecule has 0 atom stereocenters. The van der Waals surface area contributed by atoms with Crippen molar-refractivity contribution in [2.75, 3.05) is 26.2 Å². The van der Waals surface area contributed by atoms with E-state index < -0.39 is 10.0 Å². The second kappa shape index (κ2) is 8.78. The van der Waals surface area contributed by atoms with Crippen LogP contribution in [0.15, 0.2) is 47.4 Å². The largest absolute Gasteiger partial charge is 0.340 e. The Kier molecular flexibility index (Phi) is 6.60. The van der Waals surface area contributed by atoms with Gasteiger partial charge in [-0.15, -0.1) is 0 Å². The number of benzene rings is 2. The number of hydrogen-bond acceptors (Lipinski definition) is 3. The highest BCUT2D eigenvalue weighted by Crippen LogP contribution is 2.27. The summed E-state index contributed by atoms with van der Waals surface area (Å²) < 4.78 is 40.5. The lowest BCUT2D eigenvalue weighted by Gasteiger charge is -2.34. The molecule has 2 aromatic carbocycles. The van der Waals surface area contributed by atoms with E-state index in [0.29, 0.717) is 12.0 Å². The fraction of sp³-hybridized carbons (Fsp3) is 0.316. The molecular formula is C19H19Cl2FN2O3S. The Morgan fingerprint density at radius 2 is 1.68 bits per heavy atom. The number of hydrogen-bond donors (Lipinski definition) is 0. The van der Waals surface area contributed by atoms with Crippen LogP contribution in [0.5, 0.6) is 0 Å². The zero-order chi connectivity index (χ0) is 20.3. The van der Waals surface area contributed by atoms with Gasteiger partial charge in [0.15, 0.2) is 0 Å². The van der Waals surface area contributed by atoms with Gasteiger partial charge in [0, 0.05) is 32.6 Å². The van der Waals surface area contributed by atoms with Gasteiger partial charge in [-0.1, -0.05) is 41.4 Å². The Morgan fingerprint density at radius 3 is 2.32 bits per heavy atom. The van der Waals surface area contributed by atoms with E-state index in [1.165, 1.54) is 28.6 Å². The first-order valence-electron chi connectivity index (χ1n) is 8.75. The molecular weight excluding hydrogens is 426 g/mol. The van der Waals surface area contributed by atoms with Gasteiger partial charge in [-0.25, -0.2) is 12.8 Å². The minimum absolute atomic E-state index is 0.0706. The number of sulfonamides is 1. The number of halogens is 3. The summed E-state index contributed by atoms with van der Waals surface area (Å²) in [5.41, 5.74) is 0.497. The standard InChI is InChI=1S/C19H19Cl2FN2O3S/c20-16-7-6-15(13-17(16)21)28(26,27)24-11-9-23(10-12-24)19(25)8-5-14-3-1-2-4-18(14)22/h1-4,6-7,13H,5,8-12H2. The van der Waals surface area contributed by atoms with Crippen LogP contribution in [0.1, 0.15) is 12.0 Å². The predicted octanol–water partition coefficient (Wildman–Crippen LogP) is 3.60. The lowest BCUT2D eigenvalue weighted by molar-refractivity contribution is -0.132. The first kappa shape index (κ1) is 21.0. The van der Waals surface area contributed by atoms with Gasteiger partial charge < -0.3 is 4.90 Å². The fourth-order valence-electron chi connectivity index (χ4n) is 3.07. The molecule has 0 aliphatic carbocycles. The Hall–Kier alpha value is -1.67. The summed E-state index contributed by atoms with van der Waals surface area (Å²) in [4.78, 5) is 14.1. The van der Waals surface area contributed by atoms with Crippen molar-refractivity contribution in [2.45, 2.75) is 17.7 Å². The molecule has 28 heavy (non-hydrogen) atoms. The van der Waals surface area contributed by atoms with Crippen LogP contribution >= 0.6 is 23.2 Å². The third kappa shape index (κ3) is 4.66. The molecule has 1 amide bonds. The average Bonchev–Trinajstić information content (AvgIpc) is 2.69. The number of aryl methyl sites for hydroxylation is 1. The highest BCUT2D eigenvalue weighted by atomic mass is 35.5. The van der Waals surface area contributed by atoms with E-state index in [1.54, 1.807) is 23.1 Å². The Bertz CT molecular complexity index is 977. The molecule has 0 N–H and O–H groups in total. The molecule has 0 saturated carbocycles. The SMILES string of the molecule is O=C(CCc1ccccc1F)N1CCN(S(=O)(=O)c2ccc(Cl)c(Cl)c2)CC1. The molecule has 0 unspecified atom stereocenters. The van der Waals surface area contributed by atoms with Gasteiger partial charge in [0.25, 0.3) is 0 Å². The van der Waals surface area contributed by atoms with E-state index in [-0.39, 0.29) is 59.3 Å². The Labute approximate surface area is 173 Å². The molecule has 0 radical (unpaired) electrons. The van der Waals surface area contributed by atoms with Crippen molar-refractivity contribution in [3.05, 3.63) is 63.9 Å². The van der Waals surface area contributed by atoms with Crippen molar-refractivity contribution < 1.29 is 17.6 Å². The maximum atomic E-state index is 13.7. The molecule has 3 rings (SSSR count). The second-order valence-corrected chi connectivity index (χ2v) is 9.20. The third-order valence-electron chi connectivity index (χ3n) is 4.69. The molecule has 1 fully saturated rings. The van der Waals surface area contributed by atoms with Crippen LogP contribution in [0.4, 0.5) is 4.39 Å². The highest BCUT2D eigenvalue weighted by Gasteiger charge is 2.30. The molecule has 1 heterocycles. The lowest BCUT2D eigenvalue weighted by atomic mass is 10.1. The van der Waals surface area contributed by atoms with Gasteiger partial charge in [-0.3, -0.25) is 4.79 Å². The quantitative estimate of drug-likeness (QED) is 0.707. The van der Waals surface area contributed by atoms with Crippen LogP contribution in [0.3, 0.4) is 0 Å². The number of carbonyl (C=O) groups is 1. The van der Waals surface area contributed by atoms with E-state index in [2.05, 4.69) is 0 Å². The van der Waals surface area contributed by atoms with Gasteiger partial charge in [-0.05, 0) is 36.2 Å². The van der Waals surface area contributed by atoms with Crippen LogP contribution in [0.25, 0.3) is 0 Å². The Morgan fingerprint density at radius 1 is 1.00 bits per heavy atom. The Balaban J connectivity index is 1.58. The van der Waals surface area contributed by atoms with Crippen molar-refractivity contribution in [1.29, 1.82) is 0 Å². The summed E-state index contributed by atoms with van der Waals surface area (Å²) in [6.07, 6.45) is 0.494. The highest BCUT2D eigenvalue weighted by molar-refractivity contribution is 7.89. The maximum absolute atomic E-state index is 13.7. The average molecular weight is 445 g/mol. The lowest BCUT2D eigenvalue weighted by Crippen LogP contribution is -2.50. The first-order chi connectivity index (χ1) is 13.3. The van der Waals surface area contributed by atoms with Crippen LogP contribution in [0, 0.1) is 5.82 Å². The predicted molar refractivity (Wildman–Crippen MR) is 107 cm³/mol. The number of rotatable bonds is 5. The van der Waals surface area contributed by atoms with E-state index in [0.717, 1.165) is 0 Å². The summed E-state index contributed by atoms with van der Waals surface area (Å²) in [6, 6.07) is 10.5.